The number of carbonyl (C=O) groups excluding carboxylic acids is 2. The van der Waals surface area contributed by atoms with E-state index in [1.54, 1.807) is 7.11 Å². The molecule has 1 aromatic rings. The second-order valence-corrected chi connectivity index (χ2v) is 7.05. The number of benzene rings is 1. The highest BCUT2D eigenvalue weighted by molar-refractivity contribution is 6.15. The number of ether oxygens (including phenoxy) is 3. The van der Waals surface area contributed by atoms with Gasteiger partial charge in [-0.3, -0.25) is 0 Å². The normalized spacial score (nSPS) is 17.0. The minimum Gasteiger partial charge on any atom is -0.495 e. The van der Waals surface area contributed by atoms with Crippen molar-refractivity contribution in [3.63, 3.8) is 0 Å². The fraction of sp³-hybridized carbons (Fsp3) is 0.444. The summed E-state index contributed by atoms with van der Waals surface area (Å²) < 4.78 is 15.4. The minimum absolute atomic E-state index is 0.0530. The Morgan fingerprint density at radius 2 is 1.71 bits per heavy atom. The maximum absolute atomic E-state index is 12.0. The maximum Gasteiger partial charge on any atom is 0.350 e. The molecule has 0 spiro atoms. The fourth-order valence-electron chi connectivity index (χ4n) is 2.22. The Balaban J connectivity index is 2.31. The van der Waals surface area contributed by atoms with E-state index in [9.17, 15) is 9.59 Å². The summed E-state index contributed by atoms with van der Waals surface area (Å²) >= 11 is 0. The highest BCUT2D eigenvalue weighted by Gasteiger charge is 2.39. The predicted octanol–water partition coefficient (Wildman–Crippen LogP) is 3.12. The van der Waals surface area contributed by atoms with Crippen LogP contribution >= 0.6 is 0 Å². The first kappa shape index (κ1) is 17.8. The number of anilines is 1. The predicted molar refractivity (Wildman–Crippen MR) is 89.7 cm³/mol. The van der Waals surface area contributed by atoms with Crippen LogP contribution in [0.15, 0.2) is 30.0 Å². The molecule has 0 aromatic heterocycles. The number of hydrogen-bond donors (Lipinski definition) is 1. The molecule has 24 heavy (non-hydrogen) atoms. The van der Waals surface area contributed by atoms with Gasteiger partial charge < -0.3 is 19.5 Å². The molecule has 0 aliphatic carbocycles. The van der Waals surface area contributed by atoms with Crippen molar-refractivity contribution in [1.82, 2.24) is 0 Å². The van der Waals surface area contributed by atoms with Gasteiger partial charge in [-0.05, 0) is 23.1 Å². The van der Waals surface area contributed by atoms with E-state index in [-0.39, 0.29) is 11.0 Å². The summed E-state index contributed by atoms with van der Waals surface area (Å²) in [4.78, 5) is 23.9. The van der Waals surface area contributed by atoms with Gasteiger partial charge in [-0.2, -0.15) is 0 Å². The van der Waals surface area contributed by atoms with Crippen LogP contribution in [0.5, 0.6) is 5.75 Å². The zero-order valence-corrected chi connectivity index (χ0v) is 14.9. The molecule has 6 nitrogen and oxygen atoms in total. The first-order valence-electron chi connectivity index (χ1n) is 7.65. The third-order valence-electron chi connectivity index (χ3n) is 3.55. The summed E-state index contributed by atoms with van der Waals surface area (Å²) in [5.41, 5.74) is 1.47. The maximum atomic E-state index is 12.0. The lowest BCUT2D eigenvalue weighted by Gasteiger charge is -2.29. The third kappa shape index (κ3) is 3.88. The van der Waals surface area contributed by atoms with Gasteiger partial charge in [-0.1, -0.05) is 26.8 Å². The third-order valence-corrected chi connectivity index (χ3v) is 3.55. The Kier molecular flexibility index (Phi) is 4.60. The van der Waals surface area contributed by atoms with E-state index < -0.39 is 17.7 Å². The topological polar surface area (TPSA) is 73.9 Å². The highest BCUT2D eigenvalue weighted by atomic mass is 16.7. The molecular weight excluding hydrogens is 310 g/mol. The van der Waals surface area contributed by atoms with E-state index in [2.05, 4.69) is 26.1 Å². The standard InChI is InChI=1S/C18H23NO5/c1-17(2,3)11-7-8-14(22-6)13(9-11)19-10-12-15(20)23-18(4,5)24-16(12)21/h7-10,19H,1-6H3. The number of esters is 2. The largest absolute Gasteiger partial charge is 0.495 e. The van der Waals surface area contributed by atoms with Crippen molar-refractivity contribution in [2.75, 3.05) is 12.4 Å². The fourth-order valence-corrected chi connectivity index (χ4v) is 2.22. The molecule has 1 heterocycles. The van der Waals surface area contributed by atoms with Crippen LogP contribution in [0.25, 0.3) is 0 Å². The number of nitrogens with one attached hydrogen (secondary N) is 1. The number of cyclic esters (lactones) is 2. The minimum atomic E-state index is -1.25. The second-order valence-electron chi connectivity index (χ2n) is 7.05. The van der Waals surface area contributed by atoms with Gasteiger partial charge in [0, 0.05) is 20.0 Å². The van der Waals surface area contributed by atoms with Crippen LogP contribution in [-0.2, 0) is 24.5 Å². The smallest absolute Gasteiger partial charge is 0.350 e. The van der Waals surface area contributed by atoms with Crippen LogP contribution in [0, 0.1) is 0 Å². The molecule has 1 fully saturated rings. The van der Waals surface area contributed by atoms with Crippen LogP contribution < -0.4 is 10.1 Å². The average Bonchev–Trinajstić information content (AvgIpc) is 2.43. The first-order valence-corrected chi connectivity index (χ1v) is 7.65. The molecule has 0 unspecified atom stereocenters. The molecular formula is C18H23NO5. The van der Waals surface area contributed by atoms with Gasteiger partial charge in [0.05, 0.1) is 12.8 Å². The lowest BCUT2D eigenvalue weighted by Crippen LogP contribution is -2.42. The number of hydrogen-bond acceptors (Lipinski definition) is 6. The van der Waals surface area contributed by atoms with Gasteiger partial charge in [0.2, 0.25) is 0 Å². The molecule has 0 amide bonds. The summed E-state index contributed by atoms with van der Waals surface area (Å²) in [5, 5.41) is 2.95. The molecule has 2 rings (SSSR count). The van der Waals surface area contributed by atoms with Crippen LogP contribution in [-0.4, -0.2) is 24.8 Å². The highest BCUT2D eigenvalue weighted by Crippen LogP contribution is 2.32. The Labute approximate surface area is 141 Å². The lowest BCUT2D eigenvalue weighted by atomic mass is 9.87. The van der Waals surface area contributed by atoms with Crippen molar-refractivity contribution in [1.29, 1.82) is 0 Å². The SMILES string of the molecule is COc1ccc(C(C)(C)C)cc1NC=C1C(=O)OC(C)(C)OC1=O. The first-order chi connectivity index (χ1) is 11.0. The van der Waals surface area contributed by atoms with Gasteiger partial charge in [-0.25, -0.2) is 9.59 Å². The zero-order chi connectivity index (χ0) is 18.1. The number of carbonyl (C=O) groups is 2. The van der Waals surface area contributed by atoms with Crippen LogP contribution in [0.3, 0.4) is 0 Å². The van der Waals surface area contributed by atoms with E-state index in [1.165, 1.54) is 20.0 Å². The van der Waals surface area contributed by atoms with Crippen molar-refractivity contribution in [2.45, 2.75) is 45.8 Å². The molecule has 130 valence electrons. The molecule has 0 bridgehead atoms. The van der Waals surface area contributed by atoms with E-state index in [0.717, 1.165) is 5.56 Å². The van der Waals surface area contributed by atoms with Gasteiger partial charge in [0.15, 0.2) is 5.57 Å². The summed E-state index contributed by atoms with van der Waals surface area (Å²) in [6.45, 7) is 9.28. The Morgan fingerprint density at radius 3 is 2.21 bits per heavy atom. The summed E-state index contributed by atoms with van der Waals surface area (Å²) in [7, 11) is 1.55. The summed E-state index contributed by atoms with van der Waals surface area (Å²) in [6, 6.07) is 5.73. The lowest BCUT2D eigenvalue weighted by molar-refractivity contribution is -0.222. The van der Waals surface area contributed by atoms with Gasteiger partial charge in [0.25, 0.3) is 5.79 Å². The van der Waals surface area contributed by atoms with E-state index in [0.29, 0.717) is 11.4 Å². The van der Waals surface area contributed by atoms with E-state index in [4.69, 9.17) is 14.2 Å². The number of methoxy groups -OCH3 is 1. The van der Waals surface area contributed by atoms with Crippen molar-refractivity contribution >= 4 is 17.6 Å². The Bertz CT molecular complexity index is 676. The monoisotopic (exact) mass is 333 g/mol. The molecule has 1 aliphatic heterocycles. The quantitative estimate of drug-likeness (QED) is 0.520. The molecule has 1 N–H and O–H groups in total. The van der Waals surface area contributed by atoms with Crippen molar-refractivity contribution in [3.05, 3.63) is 35.5 Å². The van der Waals surface area contributed by atoms with E-state index in [1.807, 2.05) is 18.2 Å². The van der Waals surface area contributed by atoms with Gasteiger partial charge >= 0.3 is 11.9 Å². The average molecular weight is 333 g/mol. The van der Waals surface area contributed by atoms with E-state index >= 15 is 0 Å². The molecule has 1 aliphatic rings. The summed E-state index contributed by atoms with van der Waals surface area (Å²) in [5.74, 6) is -2.11. The van der Waals surface area contributed by atoms with Gasteiger partial charge in [-0.15, -0.1) is 0 Å². The molecule has 0 saturated carbocycles. The molecule has 0 radical (unpaired) electrons. The van der Waals surface area contributed by atoms with Crippen molar-refractivity contribution in [2.24, 2.45) is 0 Å². The Morgan fingerprint density at radius 1 is 1.12 bits per heavy atom. The van der Waals surface area contributed by atoms with Gasteiger partial charge in [0.1, 0.15) is 5.75 Å². The van der Waals surface area contributed by atoms with Crippen molar-refractivity contribution in [3.8, 4) is 5.75 Å². The molecule has 1 aromatic carbocycles. The Hall–Kier alpha value is -2.50. The molecule has 6 heteroatoms. The summed E-state index contributed by atoms with van der Waals surface area (Å²) in [6.07, 6.45) is 1.28. The molecule has 0 atom stereocenters. The van der Waals surface area contributed by atoms with Crippen LogP contribution in [0.4, 0.5) is 5.69 Å². The zero-order valence-electron chi connectivity index (χ0n) is 14.9. The van der Waals surface area contributed by atoms with Crippen LogP contribution in [0.2, 0.25) is 0 Å². The second kappa shape index (κ2) is 6.19. The van der Waals surface area contributed by atoms with Crippen molar-refractivity contribution < 1.29 is 23.8 Å². The van der Waals surface area contributed by atoms with Crippen LogP contribution in [0.1, 0.15) is 40.2 Å². The number of rotatable bonds is 3. The molecule has 1 saturated heterocycles.